The van der Waals surface area contributed by atoms with Gasteiger partial charge in [-0.1, -0.05) is 51.8 Å². The first-order valence-electron chi connectivity index (χ1n) is 11.8. The minimum absolute atomic E-state index is 0.200. The van der Waals surface area contributed by atoms with E-state index in [1.807, 2.05) is 30.3 Å². The Labute approximate surface area is 243 Å². The number of ether oxygens (including phenoxy) is 2. The van der Waals surface area contributed by atoms with Crippen LogP contribution in [-0.2, 0) is 22.6 Å². The van der Waals surface area contributed by atoms with Crippen LogP contribution in [-0.4, -0.2) is 35.6 Å². The average Bonchev–Trinajstić information content (AvgIpc) is 3.16. The third-order valence-electron chi connectivity index (χ3n) is 5.62. The SMILES string of the molecule is C=CCc1cc(/C=C2\SC(=O)N(CC(=O)Nc3cccc(Cl)c3)C2=O)cc(OC)c1OCc1ccc(Br)cc1. The molecule has 3 aromatic rings. The molecule has 0 radical (unpaired) electrons. The molecule has 1 heterocycles. The standard InChI is InChI=1S/C29H24BrClN2O5S/c1-3-5-20-12-19(13-24(37-2)27(20)38-17-18-8-10-21(30)11-9-18)14-25-28(35)33(29(36)39-25)16-26(34)32-23-7-4-6-22(31)15-23/h3-4,6-15H,1,5,16-17H2,2H3,(H,32,34)/b25-14-. The first-order valence-corrected chi connectivity index (χ1v) is 13.8. The molecule has 0 unspecified atom stereocenters. The van der Waals surface area contributed by atoms with Gasteiger partial charge in [-0.2, -0.15) is 0 Å². The number of halogens is 2. The summed E-state index contributed by atoms with van der Waals surface area (Å²) >= 11 is 10.2. The Kier molecular flexibility index (Phi) is 9.50. The number of allylic oxidation sites excluding steroid dienone is 1. The van der Waals surface area contributed by atoms with Gasteiger partial charge < -0.3 is 14.8 Å². The highest BCUT2D eigenvalue weighted by molar-refractivity contribution is 9.10. The van der Waals surface area contributed by atoms with Crippen molar-refractivity contribution in [1.29, 1.82) is 0 Å². The molecular formula is C29H24BrClN2O5S. The van der Waals surface area contributed by atoms with E-state index in [2.05, 4.69) is 27.8 Å². The highest BCUT2D eigenvalue weighted by Crippen LogP contribution is 2.37. The number of anilines is 1. The minimum Gasteiger partial charge on any atom is -0.493 e. The lowest BCUT2D eigenvalue weighted by Crippen LogP contribution is -2.36. The van der Waals surface area contributed by atoms with Gasteiger partial charge in [0.15, 0.2) is 11.5 Å². The molecule has 10 heteroatoms. The van der Waals surface area contributed by atoms with Crippen molar-refractivity contribution in [2.24, 2.45) is 0 Å². The summed E-state index contributed by atoms with van der Waals surface area (Å²) in [5, 5.41) is 2.57. The van der Waals surface area contributed by atoms with Gasteiger partial charge in [-0.25, -0.2) is 0 Å². The smallest absolute Gasteiger partial charge is 0.294 e. The normalized spacial score (nSPS) is 14.0. The predicted molar refractivity (Wildman–Crippen MR) is 158 cm³/mol. The lowest BCUT2D eigenvalue weighted by Gasteiger charge is -2.16. The molecule has 1 fully saturated rings. The summed E-state index contributed by atoms with van der Waals surface area (Å²) in [7, 11) is 1.54. The van der Waals surface area contributed by atoms with Crippen molar-refractivity contribution < 1.29 is 23.9 Å². The van der Waals surface area contributed by atoms with Gasteiger partial charge in [0.1, 0.15) is 13.2 Å². The molecule has 0 spiro atoms. The molecule has 200 valence electrons. The van der Waals surface area contributed by atoms with Crippen molar-refractivity contribution in [3.05, 3.63) is 104 Å². The van der Waals surface area contributed by atoms with Crippen LogP contribution in [0.2, 0.25) is 5.02 Å². The van der Waals surface area contributed by atoms with Crippen molar-refractivity contribution in [2.75, 3.05) is 19.0 Å². The zero-order chi connectivity index (χ0) is 27.9. The molecule has 0 aromatic heterocycles. The van der Waals surface area contributed by atoms with Crippen LogP contribution in [0.1, 0.15) is 16.7 Å². The monoisotopic (exact) mass is 626 g/mol. The number of methoxy groups -OCH3 is 1. The van der Waals surface area contributed by atoms with Gasteiger partial charge in [0.25, 0.3) is 11.1 Å². The molecule has 1 aliphatic heterocycles. The van der Waals surface area contributed by atoms with Crippen LogP contribution in [0.5, 0.6) is 11.5 Å². The molecule has 3 aromatic carbocycles. The van der Waals surface area contributed by atoms with E-state index in [1.165, 1.54) is 7.11 Å². The van der Waals surface area contributed by atoms with Crippen LogP contribution in [0.15, 0.2) is 82.7 Å². The molecule has 1 N–H and O–H groups in total. The summed E-state index contributed by atoms with van der Waals surface area (Å²) in [5.41, 5.74) is 2.92. The summed E-state index contributed by atoms with van der Waals surface area (Å²) in [4.78, 5) is 39.2. The third-order valence-corrected chi connectivity index (χ3v) is 7.29. The van der Waals surface area contributed by atoms with E-state index in [-0.39, 0.29) is 4.91 Å². The fourth-order valence-electron chi connectivity index (χ4n) is 3.82. The highest BCUT2D eigenvalue weighted by Gasteiger charge is 2.36. The molecule has 0 saturated carbocycles. The van der Waals surface area contributed by atoms with Crippen LogP contribution < -0.4 is 14.8 Å². The van der Waals surface area contributed by atoms with Crippen molar-refractivity contribution in [2.45, 2.75) is 13.0 Å². The molecule has 1 aliphatic rings. The van der Waals surface area contributed by atoms with Crippen LogP contribution in [0, 0.1) is 0 Å². The average molecular weight is 628 g/mol. The second-order valence-corrected chi connectivity index (χ2v) is 10.8. The number of carbonyl (C=O) groups is 3. The van der Waals surface area contributed by atoms with Gasteiger partial charge in [0.2, 0.25) is 5.91 Å². The van der Waals surface area contributed by atoms with Crippen LogP contribution in [0.25, 0.3) is 6.08 Å². The van der Waals surface area contributed by atoms with Crippen molar-refractivity contribution in [3.63, 3.8) is 0 Å². The second-order valence-electron chi connectivity index (χ2n) is 8.45. The Morgan fingerprint density at radius 3 is 2.62 bits per heavy atom. The highest BCUT2D eigenvalue weighted by atomic mass is 79.9. The van der Waals surface area contributed by atoms with Gasteiger partial charge >= 0.3 is 0 Å². The number of amides is 3. The largest absolute Gasteiger partial charge is 0.493 e. The van der Waals surface area contributed by atoms with E-state index in [4.69, 9.17) is 21.1 Å². The minimum atomic E-state index is -0.550. The van der Waals surface area contributed by atoms with Gasteiger partial charge in [0.05, 0.1) is 12.0 Å². The number of imide groups is 1. The molecule has 0 bridgehead atoms. The molecule has 4 rings (SSSR count). The summed E-state index contributed by atoms with van der Waals surface area (Å²) in [6, 6.07) is 18.0. The van der Waals surface area contributed by atoms with E-state index in [9.17, 15) is 14.4 Å². The van der Waals surface area contributed by atoms with Crippen LogP contribution in [0.3, 0.4) is 0 Å². The first-order chi connectivity index (χ1) is 18.8. The van der Waals surface area contributed by atoms with Crippen LogP contribution >= 0.6 is 39.3 Å². The molecular weight excluding hydrogens is 604 g/mol. The Balaban J connectivity index is 1.52. The summed E-state index contributed by atoms with van der Waals surface area (Å²) in [5.74, 6) is -0.00447. The second kappa shape index (κ2) is 13.0. The fourth-order valence-corrected chi connectivity index (χ4v) is 5.12. The summed E-state index contributed by atoms with van der Waals surface area (Å²) < 4.78 is 12.7. The number of rotatable bonds is 10. The van der Waals surface area contributed by atoms with E-state index >= 15 is 0 Å². The lowest BCUT2D eigenvalue weighted by atomic mass is 10.0. The maximum atomic E-state index is 13.0. The number of carbonyl (C=O) groups excluding carboxylic acids is 3. The molecule has 3 amide bonds. The molecule has 0 atom stereocenters. The quantitative estimate of drug-likeness (QED) is 0.191. The zero-order valence-corrected chi connectivity index (χ0v) is 24.1. The van der Waals surface area contributed by atoms with Crippen molar-refractivity contribution in [1.82, 2.24) is 4.90 Å². The molecule has 39 heavy (non-hydrogen) atoms. The van der Waals surface area contributed by atoms with E-state index in [0.29, 0.717) is 40.8 Å². The lowest BCUT2D eigenvalue weighted by molar-refractivity contribution is -0.127. The number of thioether (sulfide) groups is 1. The summed E-state index contributed by atoms with van der Waals surface area (Å²) in [6.45, 7) is 3.76. The Hall–Kier alpha value is -3.53. The Bertz CT molecular complexity index is 1460. The molecule has 7 nitrogen and oxygen atoms in total. The van der Waals surface area contributed by atoms with Crippen molar-refractivity contribution >= 4 is 68.1 Å². The van der Waals surface area contributed by atoms with E-state index in [1.54, 1.807) is 42.5 Å². The number of nitrogens with zero attached hydrogens (tertiary/aromatic N) is 1. The maximum Gasteiger partial charge on any atom is 0.294 e. The Morgan fingerprint density at radius 2 is 1.92 bits per heavy atom. The van der Waals surface area contributed by atoms with E-state index in [0.717, 1.165) is 32.3 Å². The number of hydrogen-bond acceptors (Lipinski definition) is 6. The number of nitrogens with one attached hydrogen (secondary N) is 1. The first kappa shape index (κ1) is 28.5. The topological polar surface area (TPSA) is 84.9 Å². The molecule has 0 aliphatic carbocycles. The van der Waals surface area contributed by atoms with Crippen molar-refractivity contribution in [3.8, 4) is 11.5 Å². The van der Waals surface area contributed by atoms with E-state index < -0.39 is 23.6 Å². The number of hydrogen-bond donors (Lipinski definition) is 1. The van der Waals surface area contributed by atoms with Crippen LogP contribution in [0.4, 0.5) is 10.5 Å². The van der Waals surface area contributed by atoms with Gasteiger partial charge in [-0.15, -0.1) is 6.58 Å². The van der Waals surface area contributed by atoms with Gasteiger partial charge in [-0.05, 0) is 77.9 Å². The third kappa shape index (κ3) is 7.32. The zero-order valence-electron chi connectivity index (χ0n) is 20.9. The maximum absolute atomic E-state index is 13.0. The summed E-state index contributed by atoms with van der Waals surface area (Å²) in [6.07, 6.45) is 3.85. The Morgan fingerprint density at radius 1 is 1.15 bits per heavy atom. The predicted octanol–water partition coefficient (Wildman–Crippen LogP) is 7.09. The number of benzene rings is 3. The van der Waals surface area contributed by atoms with Gasteiger partial charge in [0, 0.05) is 20.7 Å². The molecule has 1 saturated heterocycles. The fraction of sp³-hybridized carbons (Fsp3) is 0.138. The van der Waals surface area contributed by atoms with Gasteiger partial charge in [-0.3, -0.25) is 19.3 Å².